The van der Waals surface area contributed by atoms with Crippen LogP contribution in [0.3, 0.4) is 0 Å². The number of rotatable bonds is 13. The van der Waals surface area contributed by atoms with Gasteiger partial charge in [-0.25, -0.2) is 8.42 Å². The Morgan fingerprint density at radius 2 is 1.58 bits per heavy atom. The second-order valence-electron chi connectivity index (χ2n) is 10.2. The van der Waals surface area contributed by atoms with Gasteiger partial charge in [-0.2, -0.15) is 4.72 Å². The first-order chi connectivity index (χ1) is 17.6. The van der Waals surface area contributed by atoms with Gasteiger partial charge in [0.05, 0.1) is 15.4 Å². The van der Waals surface area contributed by atoms with E-state index in [9.17, 15) is 33.2 Å². The molecule has 38 heavy (non-hydrogen) atoms. The van der Waals surface area contributed by atoms with Crippen molar-refractivity contribution in [2.24, 2.45) is 0 Å². The summed E-state index contributed by atoms with van der Waals surface area (Å²) in [6.45, 7) is 13.5. The number of carbonyl (C=O) groups excluding carboxylic acids is 1. The molecular weight excluding hydrogens is 512 g/mol. The molecular formula is C27H36N2O8S. The number of nitrogens with zero attached hydrogens (tertiary/aromatic N) is 1. The Kier molecular flexibility index (Phi) is 10.2. The lowest BCUT2D eigenvalue weighted by Gasteiger charge is -2.26. The molecule has 2 aromatic carbocycles. The van der Waals surface area contributed by atoms with Gasteiger partial charge in [0.15, 0.2) is 0 Å². The summed E-state index contributed by atoms with van der Waals surface area (Å²) < 4.78 is 34.3. The predicted octanol–water partition coefficient (Wildman–Crippen LogP) is 5.17. The molecule has 0 bridgehead atoms. The Labute approximate surface area is 223 Å². The summed E-state index contributed by atoms with van der Waals surface area (Å²) in [4.78, 5) is 33.7. The lowest BCUT2D eigenvalue weighted by molar-refractivity contribution is -0.386. The van der Waals surface area contributed by atoms with Gasteiger partial charge in [-0.1, -0.05) is 53.7 Å². The summed E-state index contributed by atoms with van der Waals surface area (Å²) >= 11 is 0. The lowest BCUT2D eigenvalue weighted by Crippen LogP contribution is -2.42. The van der Waals surface area contributed by atoms with Crippen molar-refractivity contribution in [2.45, 2.75) is 89.7 Å². The molecule has 2 N–H and O–H groups in total. The Hall–Kier alpha value is -3.31. The Morgan fingerprint density at radius 1 is 1.00 bits per heavy atom. The molecule has 0 spiro atoms. The van der Waals surface area contributed by atoms with Crippen LogP contribution in [0.25, 0.3) is 0 Å². The number of sulfonamides is 1. The van der Waals surface area contributed by atoms with Crippen molar-refractivity contribution in [3.05, 3.63) is 68.3 Å². The number of nitro groups is 1. The molecule has 11 heteroatoms. The number of nitro benzene ring substituents is 1. The van der Waals surface area contributed by atoms with E-state index in [-0.39, 0.29) is 52.4 Å². The van der Waals surface area contributed by atoms with Crippen molar-refractivity contribution in [1.82, 2.24) is 4.72 Å². The number of hydrogen-bond acceptors (Lipinski definition) is 7. The van der Waals surface area contributed by atoms with E-state index in [1.165, 1.54) is 25.1 Å². The third-order valence-electron chi connectivity index (χ3n) is 6.37. The summed E-state index contributed by atoms with van der Waals surface area (Å²) in [7, 11) is -4.28. The molecule has 0 saturated carbocycles. The zero-order valence-corrected chi connectivity index (χ0v) is 23.5. The van der Waals surface area contributed by atoms with Gasteiger partial charge in [0.1, 0.15) is 12.1 Å². The van der Waals surface area contributed by atoms with Crippen LogP contribution in [0.5, 0.6) is 0 Å². The first-order valence-corrected chi connectivity index (χ1v) is 13.9. The monoisotopic (exact) mass is 548 g/mol. The quantitative estimate of drug-likeness (QED) is 0.197. The fraction of sp³-hybridized carbons (Fsp3) is 0.481. The number of carboxylic acid groups (broad SMARTS) is 1. The van der Waals surface area contributed by atoms with Crippen LogP contribution in [-0.4, -0.2) is 36.9 Å². The van der Waals surface area contributed by atoms with Crippen molar-refractivity contribution in [3.63, 3.8) is 0 Å². The molecule has 0 amide bonds. The number of carbonyl (C=O) groups is 2. The fourth-order valence-corrected chi connectivity index (χ4v) is 6.22. The van der Waals surface area contributed by atoms with Gasteiger partial charge in [-0.3, -0.25) is 19.7 Å². The number of hydrogen-bond donors (Lipinski definition) is 2. The second-order valence-corrected chi connectivity index (χ2v) is 11.9. The Bertz CT molecular complexity index is 1300. The van der Waals surface area contributed by atoms with Crippen molar-refractivity contribution in [2.75, 3.05) is 0 Å². The minimum absolute atomic E-state index is 0.0213. The van der Waals surface area contributed by atoms with E-state index < -0.39 is 33.1 Å². The smallest absolute Gasteiger partial charge is 0.322 e. The maximum absolute atomic E-state index is 13.6. The summed E-state index contributed by atoms with van der Waals surface area (Å²) in [5, 5.41) is 21.5. The maximum Gasteiger partial charge on any atom is 0.322 e. The SMILES string of the molecule is CC(C)c1ccc(S(=O)(=O)N[C@@H](Cc2ccc(C(C)OC=O)c([N+](=O)[O-])c2)C(=O)O)c(C(C)C)c1C(C)C. The molecule has 0 aliphatic carbocycles. The Morgan fingerprint density at radius 3 is 2.05 bits per heavy atom. The topological polar surface area (TPSA) is 153 Å². The number of ether oxygens (including phenoxy) is 1. The molecule has 0 fully saturated rings. The third-order valence-corrected chi connectivity index (χ3v) is 7.90. The van der Waals surface area contributed by atoms with Crippen LogP contribution in [0.4, 0.5) is 5.69 Å². The summed E-state index contributed by atoms with van der Waals surface area (Å²) in [5.74, 6) is -1.36. The minimum Gasteiger partial charge on any atom is -0.480 e. The van der Waals surface area contributed by atoms with Crippen molar-refractivity contribution in [3.8, 4) is 0 Å². The highest BCUT2D eigenvalue weighted by atomic mass is 32.2. The highest BCUT2D eigenvalue weighted by Crippen LogP contribution is 2.37. The zero-order chi connectivity index (χ0) is 28.9. The number of aliphatic carboxylic acids is 1. The summed E-state index contributed by atoms with van der Waals surface area (Å²) in [6, 6.07) is 5.70. The van der Waals surface area contributed by atoms with Gasteiger partial charge >= 0.3 is 5.97 Å². The molecule has 1 unspecified atom stereocenters. The molecule has 0 radical (unpaired) electrons. The van der Waals surface area contributed by atoms with E-state index in [0.717, 1.165) is 17.2 Å². The molecule has 10 nitrogen and oxygen atoms in total. The number of benzene rings is 2. The number of nitrogens with one attached hydrogen (secondary N) is 1. The Balaban J connectivity index is 2.54. The van der Waals surface area contributed by atoms with Crippen molar-refractivity contribution < 1.29 is 32.8 Å². The summed E-state index contributed by atoms with van der Waals surface area (Å²) in [5.41, 5.74) is 2.62. The molecule has 0 aliphatic rings. The molecule has 2 aromatic rings. The molecule has 0 aliphatic heterocycles. The van der Waals surface area contributed by atoms with Crippen LogP contribution >= 0.6 is 0 Å². The van der Waals surface area contributed by atoms with Crippen LogP contribution in [-0.2, 0) is 30.8 Å². The largest absolute Gasteiger partial charge is 0.480 e. The van der Waals surface area contributed by atoms with Crippen LogP contribution in [0.15, 0.2) is 35.2 Å². The maximum atomic E-state index is 13.6. The van der Waals surface area contributed by atoms with E-state index in [2.05, 4.69) is 4.72 Å². The molecule has 2 rings (SSSR count). The van der Waals surface area contributed by atoms with Gasteiger partial charge in [-0.15, -0.1) is 0 Å². The van der Waals surface area contributed by atoms with Gasteiger partial charge in [0.2, 0.25) is 10.0 Å². The van der Waals surface area contributed by atoms with Gasteiger partial charge in [0.25, 0.3) is 12.2 Å². The van der Waals surface area contributed by atoms with Crippen molar-refractivity contribution >= 4 is 28.2 Å². The molecule has 0 aromatic heterocycles. The third kappa shape index (κ3) is 6.96. The first-order valence-electron chi connectivity index (χ1n) is 12.4. The number of carboxylic acids is 1. The van der Waals surface area contributed by atoms with E-state index in [4.69, 9.17) is 4.74 Å². The fourth-order valence-electron chi connectivity index (χ4n) is 4.65. The highest BCUT2D eigenvalue weighted by molar-refractivity contribution is 7.89. The molecule has 208 valence electrons. The summed E-state index contributed by atoms with van der Waals surface area (Å²) in [6.07, 6.45) is -1.23. The van der Waals surface area contributed by atoms with Crippen molar-refractivity contribution in [1.29, 1.82) is 0 Å². The normalized spacial score (nSPS) is 13.5. The van der Waals surface area contributed by atoms with Gasteiger partial charge < -0.3 is 9.84 Å². The van der Waals surface area contributed by atoms with Crippen LogP contribution in [0, 0.1) is 10.1 Å². The average molecular weight is 549 g/mol. The molecule has 0 heterocycles. The van der Waals surface area contributed by atoms with Crippen LogP contribution in [0.2, 0.25) is 0 Å². The predicted molar refractivity (Wildman–Crippen MR) is 143 cm³/mol. The zero-order valence-electron chi connectivity index (χ0n) is 22.7. The van der Waals surface area contributed by atoms with Crippen LogP contribution in [0.1, 0.15) is 100 Å². The average Bonchev–Trinajstić information content (AvgIpc) is 2.82. The first kappa shape index (κ1) is 30.9. The van der Waals surface area contributed by atoms with E-state index in [1.54, 1.807) is 6.07 Å². The van der Waals surface area contributed by atoms with E-state index in [1.807, 2.05) is 41.5 Å². The van der Waals surface area contributed by atoms with Gasteiger partial charge in [-0.05, 0) is 65.5 Å². The van der Waals surface area contributed by atoms with E-state index >= 15 is 0 Å². The minimum atomic E-state index is -4.28. The second kappa shape index (κ2) is 12.5. The lowest BCUT2D eigenvalue weighted by atomic mass is 9.83. The molecule has 2 atom stereocenters. The molecule has 0 saturated heterocycles. The van der Waals surface area contributed by atoms with Gasteiger partial charge in [0, 0.05) is 6.07 Å². The highest BCUT2D eigenvalue weighted by Gasteiger charge is 2.31. The standard InChI is InChI=1S/C27H36N2O8S/c1-15(2)20-10-11-24(26(17(5)6)25(20)16(3)4)38(35,36)28-22(27(31)32)12-19-8-9-21(18(7)37-14-30)23(13-19)29(33)34/h8-11,13-18,22,28H,12H2,1-7H3,(H,31,32)/t18?,22-/m0/s1. The van der Waals surface area contributed by atoms with E-state index in [0.29, 0.717) is 5.56 Å². The van der Waals surface area contributed by atoms with Crippen LogP contribution < -0.4 is 4.72 Å².